The van der Waals surface area contributed by atoms with E-state index in [1.807, 2.05) is 0 Å². The van der Waals surface area contributed by atoms with E-state index in [1.54, 1.807) is 6.92 Å². The Balaban J connectivity index is 3.52. The first-order valence-corrected chi connectivity index (χ1v) is 5.80. The summed E-state index contributed by atoms with van der Waals surface area (Å²) in [6.07, 6.45) is 0. The molecule has 0 aromatic heterocycles. The van der Waals surface area contributed by atoms with E-state index in [0.29, 0.717) is 5.56 Å². The van der Waals surface area contributed by atoms with Gasteiger partial charge in [-0.2, -0.15) is 8.42 Å². The number of hydrogen-bond donors (Lipinski definition) is 0. The maximum Gasteiger partial charge on any atom is 0.337 e. The minimum absolute atomic E-state index is 0.0156. The summed E-state index contributed by atoms with van der Waals surface area (Å²) in [7, 11) is -3.66. The number of methoxy groups -OCH3 is 1. The Labute approximate surface area is 93.3 Å². The third-order valence-electron chi connectivity index (χ3n) is 2.30. The highest BCUT2D eigenvalue weighted by atomic mass is 32.3. The highest BCUT2D eigenvalue weighted by Gasteiger charge is 2.20. The van der Waals surface area contributed by atoms with E-state index in [4.69, 9.17) is 0 Å². The highest BCUT2D eigenvalue weighted by molar-refractivity contribution is 7.86. The molecular formula is C10H11FO4S. The third-order valence-corrected chi connectivity index (χ3v) is 3.25. The fraction of sp³-hybridized carbons (Fsp3) is 0.300. The Morgan fingerprint density at radius 3 is 2.31 bits per heavy atom. The van der Waals surface area contributed by atoms with Crippen LogP contribution in [0.15, 0.2) is 17.0 Å². The van der Waals surface area contributed by atoms with Crippen LogP contribution < -0.4 is 0 Å². The van der Waals surface area contributed by atoms with Gasteiger partial charge in [-0.05, 0) is 37.1 Å². The number of esters is 1. The Morgan fingerprint density at radius 1 is 1.31 bits per heavy atom. The van der Waals surface area contributed by atoms with Crippen LogP contribution in [0, 0.1) is 13.8 Å². The zero-order valence-electron chi connectivity index (χ0n) is 9.07. The monoisotopic (exact) mass is 246 g/mol. The summed E-state index contributed by atoms with van der Waals surface area (Å²) in [5, 5.41) is 0. The van der Waals surface area contributed by atoms with E-state index in [9.17, 15) is 17.1 Å². The first kappa shape index (κ1) is 12.6. The van der Waals surface area contributed by atoms with Gasteiger partial charge in [0.1, 0.15) is 4.90 Å². The van der Waals surface area contributed by atoms with Crippen molar-refractivity contribution < 1.29 is 21.8 Å². The number of ether oxygens (including phenoxy) is 1. The Kier molecular flexibility index (Phi) is 3.32. The summed E-state index contributed by atoms with van der Waals surface area (Å²) in [5.41, 5.74) is 0.816. The predicted octanol–water partition coefficient (Wildman–Crippen LogP) is 1.75. The topological polar surface area (TPSA) is 60.4 Å². The predicted molar refractivity (Wildman–Crippen MR) is 55.5 cm³/mol. The van der Waals surface area contributed by atoms with E-state index < -0.39 is 21.1 Å². The molecule has 0 saturated heterocycles. The lowest BCUT2D eigenvalue weighted by Crippen LogP contribution is -2.06. The second-order valence-corrected chi connectivity index (χ2v) is 4.66. The standard InChI is InChI=1S/C10H11FO4S/c1-6-4-8(10(12)15-3)5-9(7(6)2)16(11,13)14/h4-5H,1-3H3. The maximum absolute atomic E-state index is 12.9. The van der Waals surface area contributed by atoms with Crippen molar-refractivity contribution in [1.29, 1.82) is 0 Å². The molecule has 1 aromatic rings. The maximum atomic E-state index is 12.9. The van der Waals surface area contributed by atoms with Gasteiger partial charge in [0.25, 0.3) is 0 Å². The first-order chi connectivity index (χ1) is 7.27. The number of carbonyl (C=O) groups excluding carboxylic acids is 1. The number of aryl methyl sites for hydroxylation is 1. The van der Waals surface area contributed by atoms with Gasteiger partial charge >= 0.3 is 16.2 Å². The molecule has 0 bridgehead atoms. The molecule has 16 heavy (non-hydrogen) atoms. The van der Waals surface area contributed by atoms with Crippen LogP contribution >= 0.6 is 0 Å². The van der Waals surface area contributed by atoms with Crippen molar-refractivity contribution in [2.75, 3.05) is 7.11 Å². The fourth-order valence-electron chi connectivity index (χ4n) is 1.32. The van der Waals surface area contributed by atoms with E-state index in [2.05, 4.69) is 4.74 Å². The second-order valence-electron chi connectivity index (χ2n) is 3.35. The smallest absolute Gasteiger partial charge is 0.337 e. The largest absolute Gasteiger partial charge is 0.465 e. The lowest BCUT2D eigenvalue weighted by atomic mass is 10.1. The van der Waals surface area contributed by atoms with Crippen molar-refractivity contribution in [3.05, 3.63) is 28.8 Å². The van der Waals surface area contributed by atoms with E-state index in [-0.39, 0.29) is 11.1 Å². The minimum atomic E-state index is -4.83. The van der Waals surface area contributed by atoms with Gasteiger partial charge in [0.15, 0.2) is 0 Å². The molecule has 0 amide bonds. The molecule has 1 rings (SSSR count). The number of rotatable bonds is 2. The molecule has 0 N–H and O–H groups in total. The van der Waals surface area contributed by atoms with Crippen LogP contribution in [-0.4, -0.2) is 21.5 Å². The van der Waals surface area contributed by atoms with Crippen LogP contribution in [-0.2, 0) is 15.0 Å². The van der Waals surface area contributed by atoms with Crippen molar-refractivity contribution in [3.8, 4) is 0 Å². The van der Waals surface area contributed by atoms with Gasteiger partial charge in [-0.3, -0.25) is 0 Å². The average Bonchev–Trinajstić information content (AvgIpc) is 2.18. The Morgan fingerprint density at radius 2 is 1.88 bits per heavy atom. The molecule has 1 aromatic carbocycles. The highest BCUT2D eigenvalue weighted by Crippen LogP contribution is 2.23. The number of benzene rings is 1. The average molecular weight is 246 g/mol. The first-order valence-electron chi connectivity index (χ1n) is 4.41. The molecule has 0 saturated carbocycles. The van der Waals surface area contributed by atoms with Gasteiger partial charge in [-0.15, -0.1) is 3.89 Å². The molecule has 0 radical (unpaired) electrons. The molecule has 0 atom stereocenters. The molecule has 0 heterocycles. The summed E-state index contributed by atoms with van der Waals surface area (Å²) in [4.78, 5) is 10.7. The van der Waals surface area contributed by atoms with Crippen molar-refractivity contribution in [2.45, 2.75) is 18.7 Å². The van der Waals surface area contributed by atoms with Crippen molar-refractivity contribution in [1.82, 2.24) is 0 Å². The van der Waals surface area contributed by atoms with E-state index >= 15 is 0 Å². The van der Waals surface area contributed by atoms with Crippen LogP contribution in [0.4, 0.5) is 3.89 Å². The van der Waals surface area contributed by atoms with Crippen LogP contribution in [0.5, 0.6) is 0 Å². The number of hydrogen-bond acceptors (Lipinski definition) is 4. The van der Waals surface area contributed by atoms with Crippen LogP contribution in [0.3, 0.4) is 0 Å². The molecule has 88 valence electrons. The zero-order chi connectivity index (χ0) is 12.5. The molecule has 0 aliphatic carbocycles. The molecule has 6 heteroatoms. The van der Waals surface area contributed by atoms with Crippen molar-refractivity contribution >= 4 is 16.2 Å². The SMILES string of the molecule is COC(=O)c1cc(C)c(C)c(S(=O)(=O)F)c1. The van der Waals surface area contributed by atoms with Gasteiger partial charge < -0.3 is 4.74 Å². The van der Waals surface area contributed by atoms with Gasteiger partial charge in [-0.1, -0.05) is 0 Å². The molecule has 0 aliphatic rings. The van der Waals surface area contributed by atoms with Gasteiger partial charge in [-0.25, -0.2) is 4.79 Å². The van der Waals surface area contributed by atoms with Crippen LogP contribution in [0.2, 0.25) is 0 Å². The van der Waals surface area contributed by atoms with Crippen molar-refractivity contribution in [3.63, 3.8) is 0 Å². The normalized spacial score (nSPS) is 11.2. The summed E-state index contributed by atoms with van der Waals surface area (Å²) in [6, 6.07) is 2.43. The second kappa shape index (κ2) is 4.21. The molecule has 0 spiro atoms. The summed E-state index contributed by atoms with van der Waals surface area (Å²) >= 11 is 0. The quantitative estimate of drug-likeness (QED) is 0.589. The molecule has 0 fully saturated rings. The van der Waals surface area contributed by atoms with Gasteiger partial charge in [0, 0.05) is 0 Å². The Hall–Kier alpha value is -1.43. The molecule has 0 aliphatic heterocycles. The molecule has 4 nitrogen and oxygen atoms in total. The van der Waals surface area contributed by atoms with Crippen LogP contribution in [0.1, 0.15) is 21.5 Å². The molecule has 0 unspecified atom stereocenters. The number of halogens is 1. The lowest BCUT2D eigenvalue weighted by Gasteiger charge is -2.07. The molecular weight excluding hydrogens is 235 g/mol. The summed E-state index contributed by atoms with van der Waals surface area (Å²) < 4.78 is 39.1. The van der Waals surface area contributed by atoms with Crippen LogP contribution in [0.25, 0.3) is 0 Å². The third kappa shape index (κ3) is 2.38. The fourth-order valence-corrected chi connectivity index (χ4v) is 2.11. The zero-order valence-corrected chi connectivity index (χ0v) is 9.89. The Bertz CT molecular complexity index is 534. The van der Waals surface area contributed by atoms with E-state index in [1.165, 1.54) is 20.1 Å². The van der Waals surface area contributed by atoms with Gasteiger partial charge in [0.05, 0.1) is 12.7 Å². The minimum Gasteiger partial charge on any atom is -0.465 e. The van der Waals surface area contributed by atoms with Crippen molar-refractivity contribution in [2.24, 2.45) is 0 Å². The number of carbonyl (C=O) groups is 1. The van der Waals surface area contributed by atoms with E-state index in [0.717, 1.165) is 6.07 Å². The lowest BCUT2D eigenvalue weighted by molar-refractivity contribution is 0.0600. The summed E-state index contributed by atoms with van der Waals surface area (Å²) in [6.45, 7) is 3.07. The van der Waals surface area contributed by atoms with Gasteiger partial charge in [0.2, 0.25) is 0 Å². The summed E-state index contributed by atoms with van der Waals surface area (Å²) in [5.74, 6) is -0.701.